The number of aromatic nitrogens is 1. The van der Waals surface area contributed by atoms with Gasteiger partial charge in [0.2, 0.25) is 0 Å². The van der Waals surface area contributed by atoms with Gasteiger partial charge in [-0.1, -0.05) is 0 Å². The van der Waals surface area contributed by atoms with Crippen LogP contribution in [0.15, 0.2) is 22.8 Å². The van der Waals surface area contributed by atoms with Gasteiger partial charge < -0.3 is 15.2 Å². The van der Waals surface area contributed by atoms with Crippen LogP contribution in [0.4, 0.5) is 4.79 Å². The summed E-state index contributed by atoms with van der Waals surface area (Å²) in [6, 6.07) is 2.38. The van der Waals surface area contributed by atoms with Crippen molar-refractivity contribution in [2.45, 2.75) is 38.8 Å². The number of pyridine rings is 1. The van der Waals surface area contributed by atoms with E-state index in [1.54, 1.807) is 39.1 Å². The number of aliphatic carboxylic acids is 1. The second-order valence-corrected chi connectivity index (χ2v) is 6.03. The Bertz CT molecular complexity index is 499. The molecule has 110 valence electrons. The van der Waals surface area contributed by atoms with Crippen molar-refractivity contribution in [3.63, 3.8) is 0 Å². The van der Waals surface area contributed by atoms with Crippen molar-refractivity contribution in [1.29, 1.82) is 0 Å². The lowest BCUT2D eigenvalue weighted by atomic mass is 10.1. The van der Waals surface area contributed by atoms with Crippen molar-refractivity contribution < 1.29 is 19.4 Å². The average Bonchev–Trinajstić information content (AvgIpc) is 2.28. The van der Waals surface area contributed by atoms with E-state index in [0.29, 0.717) is 10.2 Å². The SMILES string of the molecule is CC(C)(C)OC(=O)NC(Cc1ncccc1Br)C(=O)O. The van der Waals surface area contributed by atoms with Crippen molar-refractivity contribution in [3.8, 4) is 0 Å². The number of carbonyl (C=O) groups excluding carboxylic acids is 1. The van der Waals surface area contributed by atoms with Crippen LogP contribution in [0, 0.1) is 0 Å². The Hall–Kier alpha value is -1.63. The highest BCUT2D eigenvalue weighted by Gasteiger charge is 2.25. The van der Waals surface area contributed by atoms with E-state index in [1.165, 1.54) is 0 Å². The smallest absolute Gasteiger partial charge is 0.408 e. The van der Waals surface area contributed by atoms with Crippen molar-refractivity contribution in [3.05, 3.63) is 28.5 Å². The highest BCUT2D eigenvalue weighted by atomic mass is 79.9. The lowest BCUT2D eigenvalue weighted by Crippen LogP contribution is -2.44. The molecule has 0 saturated carbocycles. The largest absolute Gasteiger partial charge is 0.480 e. The molecule has 0 aliphatic heterocycles. The number of ether oxygens (including phenoxy) is 1. The average molecular weight is 345 g/mol. The van der Waals surface area contributed by atoms with Crippen LogP contribution in [-0.4, -0.2) is 33.8 Å². The number of carboxylic acid groups (broad SMARTS) is 1. The molecule has 1 aromatic rings. The fourth-order valence-electron chi connectivity index (χ4n) is 1.41. The van der Waals surface area contributed by atoms with Crippen molar-refractivity contribution >= 4 is 28.0 Å². The van der Waals surface area contributed by atoms with Crippen LogP contribution in [-0.2, 0) is 16.0 Å². The topological polar surface area (TPSA) is 88.5 Å². The van der Waals surface area contributed by atoms with Gasteiger partial charge in [0.15, 0.2) is 0 Å². The minimum Gasteiger partial charge on any atom is -0.480 e. The molecule has 1 heterocycles. The summed E-state index contributed by atoms with van der Waals surface area (Å²) in [6.07, 6.45) is 0.861. The molecule has 1 atom stereocenters. The zero-order valence-corrected chi connectivity index (χ0v) is 13.1. The molecule has 1 rings (SSSR count). The summed E-state index contributed by atoms with van der Waals surface area (Å²) in [6.45, 7) is 5.12. The third-order valence-corrected chi connectivity index (χ3v) is 2.94. The molecule has 2 N–H and O–H groups in total. The summed E-state index contributed by atoms with van der Waals surface area (Å²) in [7, 11) is 0. The highest BCUT2D eigenvalue weighted by Crippen LogP contribution is 2.15. The lowest BCUT2D eigenvalue weighted by Gasteiger charge is -2.22. The molecule has 20 heavy (non-hydrogen) atoms. The van der Waals surface area contributed by atoms with Gasteiger partial charge >= 0.3 is 12.1 Å². The summed E-state index contributed by atoms with van der Waals surface area (Å²) in [5.41, 5.74) is -0.130. The Kier molecular flexibility index (Phi) is 5.50. The van der Waals surface area contributed by atoms with Crippen LogP contribution in [0.1, 0.15) is 26.5 Å². The summed E-state index contributed by atoms with van der Waals surface area (Å²) in [5, 5.41) is 11.5. The van der Waals surface area contributed by atoms with Gasteiger partial charge in [-0.3, -0.25) is 4.98 Å². The van der Waals surface area contributed by atoms with Gasteiger partial charge in [-0.05, 0) is 48.8 Å². The van der Waals surface area contributed by atoms with Gasteiger partial charge in [-0.2, -0.15) is 0 Å². The van der Waals surface area contributed by atoms with Crippen molar-refractivity contribution in [2.75, 3.05) is 0 Å². The Labute approximate surface area is 125 Å². The van der Waals surface area contributed by atoms with Crippen LogP contribution in [0.2, 0.25) is 0 Å². The fourth-order valence-corrected chi connectivity index (χ4v) is 1.83. The normalized spacial score (nSPS) is 12.6. The van der Waals surface area contributed by atoms with E-state index in [9.17, 15) is 9.59 Å². The Balaban J connectivity index is 2.74. The molecular formula is C13H17BrN2O4. The van der Waals surface area contributed by atoms with Crippen LogP contribution in [0.5, 0.6) is 0 Å². The predicted molar refractivity (Wildman–Crippen MR) is 76.4 cm³/mol. The van der Waals surface area contributed by atoms with Gasteiger partial charge in [0.25, 0.3) is 0 Å². The van der Waals surface area contributed by atoms with Crippen LogP contribution in [0.25, 0.3) is 0 Å². The highest BCUT2D eigenvalue weighted by molar-refractivity contribution is 9.10. The molecule has 1 amide bonds. The lowest BCUT2D eigenvalue weighted by molar-refractivity contribution is -0.139. The third-order valence-electron chi connectivity index (χ3n) is 2.22. The van der Waals surface area contributed by atoms with Crippen LogP contribution >= 0.6 is 15.9 Å². The van der Waals surface area contributed by atoms with Crippen LogP contribution < -0.4 is 5.32 Å². The zero-order chi connectivity index (χ0) is 15.3. The summed E-state index contributed by atoms with van der Waals surface area (Å²) in [5.74, 6) is -1.14. The molecule has 6 nitrogen and oxygen atoms in total. The maximum Gasteiger partial charge on any atom is 0.408 e. The number of rotatable bonds is 4. The molecule has 0 bridgehead atoms. The Morgan fingerprint density at radius 1 is 1.50 bits per heavy atom. The van der Waals surface area contributed by atoms with E-state index in [1.807, 2.05) is 0 Å². The monoisotopic (exact) mass is 344 g/mol. The van der Waals surface area contributed by atoms with Gasteiger partial charge in [0.05, 0.1) is 5.69 Å². The molecule has 1 aromatic heterocycles. The fraction of sp³-hybridized carbons (Fsp3) is 0.462. The van der Waals surface area contributed by atoms with E-state index >= 15 is 0 Å². The van der Waals surface area contributed by atoms with E-state index in [2.05, 4.69) is 26.2 Å². The number of nitrogens with one attached hydrogen (secondary N) is 1. The molecule has 0 aromatic carbocycles. The maximum absolute atomic E-state index is 11.6. The Morgan fingerprint density at radius 3 is 2.65 bits per heavy atom. The molecule has 0 aliphatic rings. The minimum absolute atomic E-state index is 0.0655. The van der Waals surface area contributed by atoms with E-state index < -0.39 is 23.7 Å². The standard InChI is InChI=1S/C13H17BrN2O4/c1-13(2,3)20-12(19)16-10(11(17)18)7-9-8(14)5-4-6-15-9/h4-6,10H,7H2,1-3H3,(H,16,19)(H,17,18). The number of halogens is 1. The van der Waals surface area contributed by atoms with Gasteiger partial charge in [0, 0.05) is 17.1 Å². The second kappa shape index (κ2) is 6.69. The Morgan fingerprint density at radius 2 is 2.15 bits per heavy atom. The van der Waals surface area contributed by atoms with E-state index in [4.69, 9.17) is 9.84 Å². The summed E-state index contributed by atoms with van der Waals surface area (Å²) >= 11 is 3.29. The first-order chi connectivity index (χ1) is 9.19. The number of carboxylic acids is 1. The first kappa shape index (κ1) is 16.4. The molecule has 0 fully saturated rings. The van der Waals surface area contributed by atoms with Crippen molar-refractivity contribution in [1.82, 2.24) is 10.3 Å². The second-order valence-electron chi connectivity index (χ2n) is 5.17. The number of amides is 1. The van der Waals surface area contributed by atoms with E-state index in [0.717, 1.165) is 0 Å². The molecule has 0 aliphatic carbocycles. The molecule has 1 unspecified atom stereocenters. The van der Waals surface area contributed by atoms with Gasteiger partial charge in [-0.25, -0.2) is 9.59 Å². The maximum atomic E-state index is 11.6. The molecule has 0 spiro atoms. The third kappa shape index (κ3) is 5.56. The molecule has 0 saturated heterocycles. The summed E-state index contributed by atoms with van der Waals surface area (Å²) in [4.78, 5) is 26.9. The van der Waals surface area contributed by atoms with E-state index in [-0.39, 0.29) is 6.42 Å². The van der Waals surface area contributed by atoms with Crippen molar-refractivity contribution in [2.24, 2.45) is 0 Å². The van der Waals surface area contributed by atoms with Crippen LogP contribution in [0.3, 0.4) is 0 Å². The van der Waals surface area contributed by atoms with Gasteiger partial charge in [-0.15, -0.1) is 0 Å². The van der Waals surface area contributed by atoms with Gasteiger partial charge in [0.1, 0.15) is 11.6 Å². The number of hydrogen-bond acceptors (Lipinski definition) is 4. The number of carbonyl (C=O) groups is 2. The quantitative estimate of drug-likeness (QED) is 0.875. The first-order valence-electron chi connectivity index (χ1n) is 6.01. The number of hydrogen-bond donors (Lipinski definition) is 2. The molecule has 0 radical (unpaired) electrons. The number of nitrogens with zero attached hydrogens (tertiary/aromatic N) is 1. The predicted octanol–water partition coefficient (Wildman–Crippen LogP) is 2.36. The minimum atomic E-state index is -1.14. The first-order valence-corrected chi connectivity index (χ1v) is 6.80. The summed E-state index contributed by atoms with van der Waals surface area (Å²) < 4.78 is 5.73. The molecule has 7 heteroatoms. The number of alkyl carbamates (subject to hydrolysis) is 1. The molecular weight excluding hydrogens is 328 g/mol. The zero-order valence-electron chi connectivity index (χ0n) is 11.5.